The summed E-state index contributed by atoms with van der Waals surface area (Å²) in [5.74, 6) is -0.208. The van der Waals surface area contributed by atoms with Gasteiger partial charge in [-0.05, 0) is 44.7 Å². The second-order valence-electron chi connectivity index (χ2n) is 4.95. The highest BCUT2D eigenvalue weighted by Gasteiger charge is 2.32. The average Bonchev–Trinajstić information content (AvgIpc) is 2.70. The number of hydrogen-bond acceptors (Lipinski definition) is 2. The molecule has 0 bridgehead atoms. The first kappa shape index (κ1) is 10.9. The van der Waals surface area contributed by atoms with Gasteiger partial charge >= 0.3 is 5.97 Å². The zero-order valence-corrected chi connectivity index (χ0v) is 9.32. The largest absolute Gasteiger partial charge is 0.481 e. The van der Waals surface area contributed by atoms with Crippen molar-refractivity contribution in [2.24, 2.45) is 5.92 Å². The smallest absolute Gasteiger partial charge is 0.303 e. The molecule has 3 heteroatoms. The van der Waals surface area contributed by atoms with E-state index in [9.17, 15) is 4.79 Å². The van der Waals surface area contributed by atoms with E-state index in [4.69, 9.17) is 5.11 Å². The summed E-state index contributed by atoms with van der Waals surface area (Å²) in [5.41, 5.74) is 0. The first-order valence-corrected chi connectivity index (χ1v) is 6.23. The summed E-state index contributed by atoms with van der Waals surface area (Å²) in [5, 5.41) is 8.91. The third kappa shape index (κ3) is 2.71. The van der Waals surface area contributed by atoms with Crippen LogP contribution in [0.5, 0.6) is 0 Å². The van der Waals surface area contributed by atoms with E-state index in [0.717, 1.165) is 6.42 Å². The van der Waals surface area contributed by atoms with Gasteiger partial charge in [0.25, 0.3) is 0 Å². The summed E-state index contributed by atoms with van der Waals surface area (Å²) in [6, 6.07) is 0.567. The topological polar surface area (TPSA) is 40.5 Å². The number of aliphatic carboxylic acids is 1. The summed E-state index contributed by atoms with van der Waals surface area (Å²) in [6.07, 6.45) is 7.83. The molecular weight excluding hydrogens is 190 g/mol. The lowest BCUT2D eigenvalue weighted by Gasteiger charge is -2.37. The molecule has 2 aliphatic rings. The molecule has 15 heavy (non-hydrogen) atoms. The van der Waals surface area contributed by atoms with Gasteiger partial charge in [-0.2, -0.15) is 0 Å². The lowest BCUT2D eigenvalue weighted by Crippen LogP contribution is -2.41. The minimum atomic E-state index is -0.619. The SMILES string of the molecule is O=C(O)CC1CCCCC1N1CCCC1. The number of carbonyl (C=O) groups is 1. The van der Waals surface area contributed by atoms with Crippen molar-refractivity contribution in [3.8, 4) is 0 Å². The van der Waals surface area contributed by atoms with Crippen LogP contribution in [0.2, 0.25) is 0 Å². The Morgan fingerprint density at radius 3 is 2.47 bits per heavy atom. The van der Waals surface area contributed by atoms with Gasteiger partial charge in [-0.3, -0.25) is 4.79 Å². The van der Waals surface area contributed by atoms with Crippen LogP contribution in [-0.2, 0) is 4.79 Å². The predicted octanol–water partition coefficient (Wildman–Crippen LogP) is 2.12. The first-order valence-electron chi connectivity index (χ1n) is 6.23. The minimum Gasteiger partial charge on any atom is -0.481 e. The van der Waals surface area contributed by atoms with E-state index in [0.29, 0.717) is 18.4 Å². The quantitative estimate of drug-likeness (QED) is 0.777. The normalized spacial score (nSPS) is 33.1. The van der Waals surface area contributed by atoms with Crippen molar-refractivity contribution in [1.29, 1.82) is 0 Å². The van der Waals surface area contributed by atoms with Crippen molar-refractivity contribution in [2.75, 3.05) is 13.1 Å². The van der Waals surface area contributed by atoms with Gasteiger partial charge < -0.3 is 10.0 Å². The van der Waals surface area contributed by atoms with Crippen LogP contribution in [0.3, 0.4) is 0 Å². The molecule has 0 radical (unpaired) electrons. The Morgan fingerprint density at radius 1 is 1.13 bits per heavy atom. The Labute approximate surface area is 91.5 Å². The standard InChI is InChI=1S/C12H21NO2/c14-12(15)9-10-5-1-2-6-11(10)13-7-3-4-8-13/h10-11H,1-9H2,(H,14,15). The molecule has 1 saturated heterocycles. The molecule has 1 heterocycles. The number of nitrogens with zero attached hydrogens (tertiary/aromatic N) is 1. The van der Waals surface area contributed by atoms with E-state index in [1.54, 1.807) is 0 Å². The zero-order chi connectivity index (χ0) is 10.7. The Hall–Kier alpha value is -0.570. The maximum atomic E-state index is 10.8. The molecule has 1 N–H and O–H groups in total. The van der Waals surface area contributed by atoms with Crippen molar-refractivity contribution in [3.63, 3.8) is 0 Å². The third-order valence-corrected chi connectivity index (χ3v) is 3.92. The third-order valence-electron chi connectivity index (χ3n) is 3.92. The summed E-state index contributed by atoms with van der Waals surface area (Å²) in [4.78, 5) is 13.3. The summed E-state index contributed by atoms with van der Waals surface area (Å²) in [6.45, 7) is 2.39. The van der Waals surface area contributed by atoms with Gasteiger partial charge in [0.2, 0.25) is 0 Å². The van der Waals surface area contributed by atoms with Crippen molar-refractivity contribution in [2.45, 2.75) is 51.0 Å². The fourth-order valence-corrected chi connectivity index (χ4v) is 3.20. The van der Waals surface area contributed by atoms with Crippen molar-refractivity contribution >= 4 is 5.97 Å². The molecule has 2 unspecified atom stereocenters. The molecule has 2 rings (SSSR count). The highest BCUT2D eigenvalue weighted by atomic mass is 16.4. The molecule has 2 fully saturated rings. The Kier molecular flexibility index (Phi) is 3.62. The molecule has 0 aromatic carbocycles. The average molecular weight is 211 g/mol. The molecule has 0 aromatic heterocycles. The lowest BCUT2D eigenvalue weighted by molar-refractivity contribution is -0.139. The Morgan fingerprint density at radius 2 is 1.80 bits per heavy atom. The monoisotopic (exact) mass is 211 g/mol. The van der Waals surface area contributed by atoms with Gasteiger partial charge in [0.1, 0.15) is 0 Å². The van der Waals surface area contributed by atoms with Crippen LogP contribution in [0, 0.1) is 5.92 Å². The molecule has 0 amide bonds. The second kappa shape index (κ2) is 4.97. The number of hydrogen-bond donors (Lipinski definition) is 1. The number of carboxylic acids is 1. The first-order chi connectivity index (χ1) is 7.27. The number of carboxylic acid groups (broad SMARTS) is 1. The molecular formula is C12H21NO2. The van der Waals surface area contributed by atoms with Crippen molar-refractivity contribution < 1.29 is 9.90 Å². The van der Waals surface area contributed by atoms with Crippen LogP contribution in [0.15, 0.2) is 0 Å². The van der Waals surface area contributed by atoms with Crippen molar-refractivity contribution in [1.82, 2.24) is 4.90 Å². The van der Waals surface area contributed by atoms with Crippen LogP contribution in [0.25, 0.3) is 0 Å². The van der Waals surface area contributed by atoms with Gasteiger partial charge in [0, 0.05) is 12.5 Å². The van der Waals surface area contributed by atoms with E-state index in [2.05, 4.69) is 4.90 Å². The molecule has 86 valence electrons. The minimum absolute atomic E-state index is 0.376. The Bertz CT molecular complexity index is 224. The number of likely N-dealkylation sites (tertiary alicyclic amines) is 1. The Balaban J connectivity index is 1.95. The molecule has 1 aliphatic carbocycles. The molecule has 0 aromatic rings. The summed E-state index contributed by atoms with van der Waals surface area (Å²) >= 11 is 0. The second-order valence-corrected chi connectivity index (χ2v) is 4.95. The number of rotatable bonds is 3. The van der Waals surface area contributed by atoms with Gasteiger partial charge in [-0.15, -0.1) is 0 Å². The van der Waals surface area contributed by atoms with Gasteiger partial charge in [-0.1, -0.05) is 12.8 Å². The van der Waals surface area contributed by atoms with E-state index < -0.39 is 5.97 Å². The van der Waals surface area contributed by atoms with Gasteiger partial charge in [0.05, 0.1) is 0 Å². The fraction of sp³-hybridized carbons (Fsp3) is 0.917. The highest BCUT2D eigenvalue weighted by molar-refractivity contribution is 5.67. The van der Waals surface area contributed by atoms with E-state index in [1.165, 1.54) is 45.2 Å². The molecule has 3 nitrogen and oxygen atoms in total. The molecule has 1 aliphatic heterocycles. The van der Waals surface area contributed by atoms with Crippen molar-refractivity contribution in [3.05, 3.63) is 0 Å². The lowest BCUT2D eigenvalue weighted by atomic mass is 9.81. The van der Waals surface area contributed by atoms with Crippen LogP contribution in [0.4, 0.5) is 0 Å². The summed E-state index contributed by atoms with van der Waals surface area (Å²) < 4.78 is 0. The molecule has 1 saturated carbocycles. The fourth-order valence-electron chi connectivity index (χ4n) is 3.20. The van der Waals surface area contributed by atoms with Gasteiger partial charge in [0.15, 0.2) is 0 Å². The van der Waals surface area contributed by atoms with Gasteiger partial charge in [-0.25, -0.2) is 0 Å². The van der Waals surface area contributed by atoms with Crippen LogP contribution < -0.4 is 0 Å². The zero-order valence-electron chi connectivity index (χ0n) is 9.32. The molecule has 0 spiro atoms. The van der Waals surface area contributed by atoms with Crippen LogP contribution >= 0.6 is 0 Å². The van der Waals surface area contributed by atoms with Crippen LogP contribution in [0.1, 0.15) is 44.9 Å². The van der Waals surface area contributed by atoms with Crippen LogP contribution in [-0.4, -0.2) is 35.1 Å². The maximum Gasteiger partial charge on any atom is 0.303 e. The maximum absolute atomic E-state index is 10.8. The van der Waals surface area contributed by atoms with E-state index in [-0.39, 0.29) is 0 Å². The van der Waals surface area contributed by atoms with E-state index >= 15 is 0 Å². The molecule has 2 atom stereocenters. The predicted molar refractivity (Wildman–Crippen MR) is 58.8 cm³/mol. The highest BCUT2D eigenvalue weighted by Crippen LogP contribution is 2.32. The van der Waals surface area contributed by atoms with E-state index in [1.807, 2.05) is 0 Å². The summed E-state index contributed by atoms with van der Waals surface area (Å²) in [7, 11) is 0.